The molecule has 1 aliphatic heterocycles. The second-order valence-electron chi connectivity index (χ2n) is 7.11. The number of aryl methyl sites for hydroxylation is 1. The summed E-state index contributed by atoms with van der Waals surface area (Å²) in [7, 11) is -2.12. The maximum atomic E-state index is 12.7. The fourth-order valence-electron chi connectivity index (χ4n) is 3.26. The third kappa shape index (κ3) is 5.07. The normalized spacial score (nSPS) is 15.4. The largest absolute Gasteiger partial charge is 0.497 e. The van der Waals surface area contributed by atoms with E-state index in [2.05, 4.69) is 4.72 Å². The molecule has 0 aliphatic carbocycles. The number of ether oxygens (including phenoxy) is 2. The van der Waals surface area contributed by atoms with E-state index in [-0.39, 0.29) is 17.4 Å². The first kappa shape index (κ1) is 21.1. The Balaban J connectivity index is 1.63. The van der Waals surface area contributed by atoms with Gasteiger partial charge in [-0.2, -0.15) is 0 Å². The van der Waals surface area contributed by atoms with Crippen LogP contribution in [0.5, 0.6) is 11.5 Å². The van der Waals surface area contributed by atoms with E-state index in [0.29, 0.717) is 18.7 Å². The fourth-order valence-corrected chi connectivity index (χ4v) is 4.57. The topological polar surface area (TPSA) is 84.9 Å². The van der Waals surface area contributed by atoms with Crippen molar-refractivity contribution in [3.63, 3.8) is 0 Å². The lowest BCUT2D eigenvalue weighted by atomic mass is 10.2. The van der Waals surface area contributed by atoms with Crippen molar-refractivity contribution in [3.05, 3.63) is 48.0 Å². The first-order valence-electron chi connectivity index (χ1n) is 9.50. The molecule has 7 nitrogen and oxygen atoms in total. The van der Waals surface area contributed by atoms with Gasteiger partial charge in [-0.25, -0.2) is 13.1 Å². The molecule has 1 aliphatic rings. The van der Waals surface area contributed by atoms with Gasteiger partial charge >= 0.3 is 0 Å². The maximum Gasteiger partial charge on any atom is 0.240 e. The highest BCUT2D eigenvalue weighted by atomic mass is 32.2. The summed E-state index contributed by atoms with van der Waals surface area (Å²) in [6.07, 6.45) is 1.36. The molecule has 0 spiro atoms. The number of hydrogen-bond acceptors (Lipinski definition) is 5. The van der Waals surface area contributed by atoms with Crippen molar-refractivity contribution < 1.29 is 22.7 Å². The Morgan fingerprint density at radius 2 is 1.83 bits per heavy atom. The Morgan fingerprint density at radius 3 is 2.41 bits per heavy atom. The molecule has 0 aromatic heterocycles. The molecule has 0 bridgehead atoms. The molecule has 0 radical (unpaired) electrons. The minimum Gasteiger partial charge on any atom is -0.497 e. The van der Waals surface area contributed by atoms with Gasteiger partial charge in [0.1, 0.15) is 18.1 Å². The molecule has 1 atom stereocenters. The average molecular weight is 419 g/mol. The molecule has 2 aromatic rings. The second kappa shape index (κ2) is 8.84. The van der Waals surface area contributed by atoms with Crippen LogP contribution in [-0.4, -0.2) is 40.6 Å². The van der Waals surface area contributed by atoms with Crippen LogP contribution in [0, 0.1) is 6.92 Å². The van der Waals surface area contributed by atoms with E-state index in [1.165, 1.54) is 6.07 Å². The first-order valence-corrected chi connectivity index (χ1v) is 11.0. The number of anilines is 1. The molecule has 0 unspecified atom stereocenters. The molecule has 1 heterocycles. The van der Waals surface area contributed by atoms with E-state index in [4.69, 9.17) is 9.47 Å². The average Bonchev–Trinajstić information content (AvgIpc) is 3.12. The van der Waals surface area contributed by atoms with Crippen molar-refractivity contribution >= 4 is 21.6 Å². The van der Waals surface area contributed by atoms with Crippen molar-refractivity contribution in [2.75, 3.05) is 25.2 Å². The van der Waals surface area contributed by atoms with Crippen LogP contribution in [0.2, 0.25) is 0 Å². The van der Waals surface area contributed by atoms with Gasteiger partial charge in [-0.15, -0.1) is 0 Å². The summed E-state index contributed by atoms with van der Waals surface area (Å²) in [4.78, 5) is 13.8. The Kier molecular flexibility index (Phi) is 6.44. The Morgan fingerprint density at radius 1 is 1.14 bits per heavy atom. The molecule has 0 saturated carbocycles. The van der Waals surface area contributed by atoms with Gasteiger partial charge in [0.25, 0.3) is 0 Å². The third-order valence-corrected chi connectivity index (χ3v) is 6.35. The van der Waals surface area contributed by atoms with Crippen molar-refractivity contribution in [1.82, 2.24) is 4.72 Å². The highest BCUT2D eigenvalue weighted by Gasteiger charge is 2.25. The van der Waals surface area contributed by atoms with Crippen molar-refractivity contribution in [1.29, 1.82) is 0 Å². The van der Waals surface area contributed by atoms with Gasteiger partial charge in [-0.3, -0.25) is 4.79 Å². The standard InChI is InChI=1S/C21H26N2O5S/c1-15-13-19(10-11-20(15)23-12-4-5-21(23)24)29(25,26)22-16(2)14-28-18-8-6-17(27-3)7-9-18/h6-11,13,16,22H,4-5,12,14H2,1-3H3/t16-/m0/s1. The number of amides is 1. The van der Waals surface area contributed by atoms with E-state index in [1.807, 2.05) is 6.92 Å². The molecular formula is C21H26N2O5S. The van der Waals surface area contributed by atoms with E-state index in [0.717, 1.165) is 23.4 Å². The second-order valence-corrected chi connectivity index (χ2v) is 8.82. The van der Waals surface area contributed by atoms with Gasteiger partial charge in [0.15, 0.2) is 0 Å². The molecule has 8 heteroatoms. The molecule has 3 rings (SSSR count). The first-order chi connectivity index (χ1) is 13.8. The quantitative estimate of drug-likeness (QED) is 0.713. The zero-order valence-electron chi connectivity index (χ0n) is 16.8. The van der Waals surface area contributed by atoms with E-state index >= 15 is 0 Å². The number of methoxy groups -OCH3 is 1. The molecule has 2 aromatic carbocycles. The van der Waals surface area contributed by atoms with Crippen LogP contribution in [-0.2, 0) is 14.8 Å². The lowest BCUT2D eigenvalue weighted by molar-refractivity contribution is -0.117. The van der Waals surface area contributed by atoms with Crippen LogP contribution >= 0.6 is 0 Å². The van der Waals surface area contributed by atoms with Crippen LogP contribution in [0.15, 0.2) is 47.4 Å². The molecule has 1 saturated heterocycles. The number of rotatable bonds is 8. The minimum absolute atomic E-state index is 0.0751. The monoisotopic (exact) mass is 418 g/mol. The summed E-state index contributed by atoms with van der Waals surface area (Å²) < 4.78 is 38.8. The molecule has 156 valence electrons. The predicted molar refractivity (Wildman–Crippen MR) is 111 cm³/mol. The van der Waals surface area contributed by atoms with Crippen molar-refractivity contribution in [2.45, 2.75) is 37.6 Å². The highest BCUT2D eigenvalue weighted by molar-refractivity contribution is 7.89. The van der Waals surface area contributed by atoms with Gasteiger partial charge in [-0.05, 0) is 68.3 Å². The Bertz CT molecular complexity index is 973. The lowest BCUT2D eigenvalue weighted by Crippen LogP contribution is -2.36. The van der Waals surface area contributed by atoms with Gasteiger partial charge < -0.3 is 14.4 Å². The number of carbonyl (C=O) groups excluding carboxylic acids is 1. The van der Waals surface area contributed by atoms with Crippen LogP contribution < -0.4 is 19.1 Å². The number of nitrogens with zero attached hydrogens (tertiary/aromatic N) is 1. The third-order valence-electron chi connectivity index (χ3n) is 4.76. The predicted octanol–water partition coefficient (Wildman–Crippen LogP) is 2.88. The van der Waals surface area contributed by atoms with Gasteiger partial charge in [0.05, 0.1) is 18.0 Å². The van der Waals surface area contributed by atoms with Crippen molar-refractivity contribution in [2.24, 2.45) is 0 Å². The van der Waals surface area contributed by atoms with E-state index in [9.17, 15) is 13.2 Å². The van der Waals surface area contributed by atoms with Crippen LogP contribution in [0.3, 0.4) is 0 Å². The van der Waals surface area contributed by atoms with Gasteiger partial charge in [0.2, 0.25) is 15.9 Å². The van der Waals surface area contributed by atoms with Gasteiger partial charge in [-0.1, -0.05) is 0 Å². The number of sulfonamides is 1. The number of carbonyl (C=O) groups is 1. The summed E-state index contributed by atoms with van der Waals surface area (Å²) in [6.45, 7) is 4.41. The fraction of sp³-hybridized carbons (Fsp3) is 0.381. The molecule has 29 heavy (non-hydrogen) atoms. The van der Waals surface area contributed by atoms with Crippen LogP contribution in [0.1, 0.15) is 25.3 Å². The summed E-state index contributed by atoms with van der Waals surface area (Å²) >= 11 is 0. The van der Waals surface area contributed by atoms with Crippen LogP contribution in [0.4, 0.5) is 5.69 Å². The molecular weight excluding hydrogens is 392 g/mol. The zero-order chi connectivity index (χ0) is 21.0. The SMILES string of the molecule is COc1ccc(OC[C@H](C)NS(=O)(=O)c2ccc(N3CCCC3=O)c(C)c2)cc1. The van der Waals surface area contributed by atoms with Gasteiger partial charge in [0, 0.05) is 18.7 Å². The zero-order valence-corrected chi connectivity index (χ0v) is 17.7. The van der Waals surface area contributed by atoms with Crippen molar-refractivity contribution in [3.8, 4) is 11.5 Å². The molecule has 1 fully saturated rings. The Hall–Kier alpha value is -2.58. The molecule has 1 N–H and O–H groups in total. The lowest BCUT2D eigenvalue weighted by Gasteiger charge is -2.20. The number of hydrogen-bond donors (Lipinski definition) is 1. The summed E-state index contributed by atoms with van der Waals surface area (Å²) in [6, 6.07) is 11.5. The molecule has 1 amide bonds. The summed E-state index contributed by atoms with van der Waals surface area (Å²) in [5, 5.41) is 0. The maximum absolute atomic E-state index is 12.7. The van der Waals surface area contributed by atoms with E-state index in [1.54, 1.807) is 55.3 Å². The van der Waals surface area contributed by atoms with Crippen LogP contribution in [0.25, 0.3) is 0 Å². The highest BCUT2D eigenvalue weighted by Crippen LogP contribution is 2.27. The number of nitrogens with one attached hydrogen (secondary N) is 1. The summed E-state index contributed by atoms with van der Waals surface area (Å²) in [5.41, 5.74) is 1.52. The van der Waals surface area contributed by atoms with E-state index < -0.39 is 16.1 Å². The minimum atomic E-state index is -3.70. The summed E-state index contributed by atoms with van der Waals surface area (Å²) in [5.74, 6) is 1.43. The Labute approximate surface area is 171 Å². The smallest absolute Gasteiger partial charge is 0.240 e. The number of benzene rings is 2.